The minimum absolute atomic E-state index is 0.518. The molecule has 0 aromatic rings. The van der Waals surface area contributed by atoms with Crippen LogP contribution in [-0.2, 0) is 19.5 Å². The van der Waals surface area contributed by atoms with Gasteiger partial charge in [-0.05, 0) is 0 Å². The predicted molar refractivity (Wildman–Crippen MR) is 28.2 cm³/mol. The second-order valence-corrected chi connectivity index (χ2v) is 1.59. The number of carbonyl (C=O) groups excluding carboxylic acids is 2. The molecule has 62 valence electrons. The molecule has 0 amide bonds. The first-order chi connectivity index (χ1) is 5.11. The monoisotopic (exact) mass is 166 g/mol. The van der Waals surface area contributed by atoms with Crippen LogP contribution in [0.25, 0.3) is 0 Å². The summed E-state index contributed by atoms with van der Waals surface area (Å²) < 4.78 is 22.0. The van der Waals surface area contributed by atoms with Crippen LogP contribution in [0, 0.1) is 0 Å². The first-order valence-electron chi connectivity index (χ1n) is 2.44. The van der Waals surface area contributed by atoms with E-state index < -0.39 is 23.9 Å². The van der Waals surface area contributed by atoms with Gasteiger partial charge in [0.2, 0.25) is 0 Å². The molecule has 0 bridgehead atoms. The van der Waals surface area contributed by atoms with Crippen molar-refractivity contribution in [3.8, 4) is 0 Å². The lowest BCUT2D eigenvalue weighted by Crippen LogP contribution is -2.07. The van der Waals surface area contributed by atoms with Crippen molar-refractivity contribution >= 4 is 11.9 Å². The maximum Gasteiger partial charge on any atom is 0.375 e. The third-order valence-electron chi connectivity index (χ3n) is 0.803. The number of hydrogen-bond acceptors (Lipinski definition) is 4. The molecule has 0 aliphatic heterocycles. The van der Waals surface area contributed by atoms with Crippen molar-refractivity contribution in [1.29, 1.82) is 0 Å². The Hall–Kier alpha value is -1.46. The molecule has 0 aromatic carbocycles. The lowest BCUT2D eigenvalue weighted by Gasteiger charge is -1.94. The second kappa shape index (κ2) is 4.37. The van der Waals surface area contributed by atoms with Crippen LogP contribution < -0.4 is 0 Å². The smallest absolute Gasteiger partial charge is 0.255 e. The molecule has 0 aliphatic carbocycles. The number of rotatable bonds is 3. The van der Waals surface area contributed by atoms with E-state index in [2.05, 4.69) is 16.5 Å². The van der Waals surface area contributed by atoms with Gasteiger partial charge in [-0.1, -0.05) is 6.58 Å². The van der Waals surface area contributed by atoms with Crippen molar-refractivity contribution in [3.05, 3.63) is 12.2 Å². The summed E-state index contributed by atoms with van der Waals surface area (Å²) >= 11 is 0. The van der Waals surface area contributed by atoms with Crippen LogP contribution in [0.5, 0.6) is 0 Å². The Labute approximate surface area is 60.2 Å². The van der Waals surface area contributed by atoms with Gasteiger partial charge < -0.3 is 0 Å². The van der Waals surface area contributed by atoms with Gasteiger partial charge >= 0.3 is 11.9 Å². The SMILES string of the molecule is C=C(CC(=O)OF)C(=O)OF. The van der Waals surface area contributed by atoms with Crippen molar-refractivity contribution < 1.29 is 28.5 Å². The third kappa shape index (κ3) is 3.29. The minimum Gasteiger partial charge on any atom is -0.255 e. The van der Waals surface area contributed by atoms with Crippen LogP contribution in [0.1, 0.15) is 6.42 Å². The number of halogens is 2. The Bertz CT molecular complexity index is 189. The average Bonchev–Trinajstić information content (AvgIpc) is 2.02. The second-order valence-electron chi connectivity index (χ2n) is 1.59. The maximum absolute atomic E-state index is 11.0. The van der Waals surface area contributed by atoms with Gasteiger partial charge in [0.15, 0.2) is 0 Å². The molecule has 0 heterocycles. The first kappa shape index (κ1) is 9.54. The molecular formula is C5H4F2O4. The zero-order valence-corrected chi connectivity index (χ0v) is 5.30. The van der Waals surface area contributed by atoms with Gasteiger partial charge in [0.1, 0.15) is 0 Å². The fourth-order valence-corrected chi connectivity index (χ4v) is 0.328. The molecule has 6 heteroatoms. The van der Waals surface area contributed by atoms with E-state index in [4.69, 9.17) is 0 Å². The molecule has 4 nitrogen and oxygen atoms in total. The third-order valence-corrected chi connectivity index (χ3v) is 0.803. The summed E-state index contributed by atoms with van der Waals surface area (Å²) in [4.78, 5) is 25.6. The highest BCUT2D eigenvalue weighted by Gasteiger charge is 2.14. The van der Waals surface area contributed by atoms with Crippen LogP contribution >= 0.6 is 0 Å². The summed E-state index contributed by atoms with van der Waals surface area (Å²) in [6.07, 6.45) is -0.737. The average molecular weight is 166 g/mol. The molecule has 0 aromatic heterocycles. The van der Waals surface area contributed by atoms with E-state index >= 15 is 0 Å². The highest BCUT2D eigenvalue weighted by molar-refractivity contribution is 5.92. The lowest BCUT2D eigenvalue weighted by atomic mass is 10.2. The largest absolute Gasteiger partial charge is 0.375 e. The molecule has 0 unspecified atom stereocenters. The van der Waals surface area contributed by atoms with Gasteiger partial charge in [-0.15, -0.1) is 0 Å². The fraction of sp³-hybridized carbons (Fsp3) is 0.200. The van der Waals surface area contributed by atoms with E-state index in [1.165, 1.54) is 0 Å². The van der Waals surface area contributed by atoms with Crippen molar-refractivity contribution in [1.82, 2.24) is 0 Å². The zero-order chi connectivity index (χ0) is 8.85. The summed E-state index contributed by atoms with van der Waals surface area (Å²) in [5, 5.41) is 0. The van der Waals surface area contributed by atoms with E-state index in [1.54, 1.807) is 0 Å². The van der Waals surface area contributed by atoms with Crippen LogP contribution in [-0.4, -0.2) is 11.9 Å². The van der Waals surface area contributed by atoms with Gasteiger partial charge in [0.25, 0.3) is 0 Å². The lowest BCUT2D eigenvalue weighted by molar-refractivity contribution is -0.186. The summed E-state index contributed by atoms with van der Waals surface area (Å²) in [6.45, 7) is 2.93. The Kier molecular flexibility index (Phi) is 3.79. The molecule has 0 fully saturated rings. The normalized spacial score (nSPS) is 8.55. The quantitative estimate of drug-likeness (QED) is 0.581. The Balaban J connectivity index is 3.88. The van der Waals surface area contributed by atoms with Gasteiger partial charge in [-0.3, -0.25) is 4.94 Å². The van der Waals surface area contributed by atoms with Crippen molar-refractivity contribution in [2.24, 2.45) is 0 Å². The van der Waals surface area contributed by atoms with E-state index in [0.717, 1.165) is 0 Å². The van der Waals surface area contributed by atoms with Gasteiger partial charge in [0, 0.05) is 14.6 Å². The van der Waals surface area contributed by atoms with Gasteiger partial charge in [-0.2, -0.15) is 0 Å². The summed E-state index contributed by atoms with van der Waals surface area (Å²) in [7, 11) is 0. The summed E-state index contributed by atoms with van der Waals surface area (Å²) in [6, 6.07) is 0. The van der Waals surface area contributed by atoms with Gasteiger partial charge in [-0.25, -0.2) is 14.5 Å². The van der Waals surface area contributed by atoms with E-state index in [-0.39, 0.29) is 0 Å². The minimum atomic E-state index is -1.42. The highest BCUT2D eigenvalue weighted by atomic mass is 19.3. The number of carbonyl (C=O) groups is 2. The first-order valence-corrected chi connectivity index (χ1v) is 2.44. The van der Waals surface area contributed by atoms with E-state index in [0.29, 0.717) is 0 Å². The van der Waals surface area contributed by atoms with Crippen LogP contribution in [0.15, 0.2) is 12.2 Å². The Morgan fingerprint density at radius 1 is 1.27 bits per heavy atom. The molecule has 0 saturated heterocycles. The summed E-state index contributed by atoms with van der Waals surface area (Å²) in [5.74, 6) is -2.75. The fourth-order valence-electron chi connectivity index (χ4n) is 0.328. The van der Waals surface area contributed by atoms with Crippen molar-refractivity contribution in [3.63, 3.8) is 0 Å². The molecule has 0 radical (unpaired) electrons. The van der Waals surface area contributed by atoms with Gasteiger partial charge in [0.05, 0.1) is 6.42 Å². The maximum atomic E-state index is 11.0. The highest BCUT2D eigenvalue weighted by Crippen LogP contribution is 2.02. The molecule has 11 heavy (non-hydrogen) atoms. The van der Waals surface area contributed by atoms with E-state index in [9.17, 15) is 18.6 Å². The van der Waals surface area contributed by atoms with E-state index in [1.807, 2.05) is 0 Å². The molecule has 0 aliphatic rings. The summed E-state index contributed by atoms with van der Waals surface area (Å²) in [5.41, 5.74) is -0.518. The Morgan fingerprint density at radius 3 is 2.18 bits per heavy atom. The molecule has 0 spiro atoms. The molecule has 0 atom stereocenters. The Morgan fingerprint density at radius 2 is 1.82 bits per heavy atom. The molecule has 0 rings (SSSR count). The zero-order valence-electron chi connectivity index (χ0n) is 5.30. The van der Waals surface area contributed by atoms with Crippen molar-refractivity contribution in [2.75, 3.05) is 0 Å². The van der Waals surface area contributed by atoms with Crippen molar-refractivity contribution in [2.45, 2.75) is 6.42 Å². The molecule has 0 N–H and O–H groups in total. The molecular weight excluding hydrogens is 162 g/mol. The van der Waals surface area contributed by atoms with Crippen LogP contribution in [0.3, 0.4) is 0 Å². The van der Waals surface area contributed by atoms with Crippen LogP contribution in [0.4, 0.5) is 9.05 Å². The standard InChI is InChI=1S/C5H4F2O4/c1-3(5(9)11-7)2-4(8)10-6/h1-2H2. The number of hydrogen-bond donors (Lipinski definition) is 0. The van der Waals surface area contributed by atoms with Crippen LogP contribution in [0.2, 0.25) is 0 Å². The topological polar surface area (TPSA) is 52.6 Å². The predicted octanol–water partition coefficient (Wildman–Crippen LogP) is 0.788. The molecule has 0 saturated carbocycles.